The second-order valence-corrected chi connectivity index (χ2v) is 9.29. The molecule has 1 fully saturated rings. The van der Waals surface area contributed by atoms with Crippen LogP contribution < -0.4 is 0 Å². The lowest BCUT2D eigenvalue weighted by Gasteiger charge is -2.19. The summed E-state index contributed by atoms with van der Waals surface area (Å²) < 4.78 is 0. The molecule has 7 heteroatoms. The number of pyridine rings is 1. The summed E-state index contributed by atoms with van der Waals surface area (Å²) in [5, 5.41) is 9.97. The van der Waals surface area contributed by atoms with Crippen LogP contribution in [0.5, 0.6) is 0 Å². The SMILES string of the molecule is O=C(O)c1ccc(CCC[C@H]2[C@H](Cl)CC[C@@H]2/C=C\c2cc(Cl)nc(Cl)c2)s1. The summed E-state index contributed by atoms with van der Waals surface area (Å²) in [7, 11) is 0. The van der Waals surface area contributed by atoms with Crippen LogP contribution in [0, 0.1) is 11.8 Å². The van der Waals surface area contributed by atoms with Crippen molar-refractivity contribution >= 4 is 58.2 Å². The first-order chi connectivity index (χ1) is 12.9. The van der Waals surface area contributed by atoms with Crippen LogP contribution in [0.1, 0.15) is 45.8 Å². The van der Waals surface area contributed by atoms with Crippen LogP contribution >= 0.6 is 46.1 Å². The number of alkyl halides is 1. The van der Waals surface area contributed by atoms with Crippen molar-refractivity contribution in [1.29, 1.82) is 0 Å². The third-order valence-electron chi connectivity index (χ3n) is 4.94. The number of carboxylic acids is 1. The van der Waals surface area contributed by atoms with Crippen molar-refractivity contribution in [2.75, 3.05) is 0 Å². The fourth-order valence-electron chi connectivity index (χ4n) is 3.64. The van der Waals surface area contributed by atoms with Gasteiger partial charge in [-0.05, 0) is 73.8 Å². The van der Waals surface area contributed by atoms with Crippen molar-refractivity contribution < 1.29 is 9.90 Å². The Morgan fingerprint density at radius 3 is 2.67 bits per heavy atom. The molecule has 2 aromatic rings. The normalized spacial score (nSPS) is 22.6. The number of aryl methyl sites for hydroxylation is 1. The zero-order valence-corrected chi connectivity index (χ0v) is 17.7. The van der Waals surface area contributed by atoms with E-state index < -0.39 is 5.97 Å². The van der Waals surface area contributed by atoms with E-state index in [9.17, 15) is 4.79 Å². The Balaban J connectivity index is 1.57. The fourth-order valence-corrected chi connectivity index (χ4v) is 5.44. The first-order valence-corrected chi connectivity index (χ1v) is 10.9. The van der Waals surface area contributed by atoms with Crippen LogP contribution in [0.3, 0.4) is 0 Å². The lowest BCUT2D eigenvalue weighted by Crippen LogP contribution is -2.14. The molecule has 2 aromatic heterocycles. The molecule has 0 unspecified atom stereocenters. The Bertz CT molecular complexity index is 816. The maximum Gasteiger partial charge on any atom is 0.345 e. The van der Waals surface area contributed by atoms with Gasteiger partial charge in [-0.1, -0.05) is 35.4 Å². The third kappa shape index (κ3) is 5.71. The van der Waals surface area contributed by atoms with E-state index in [4.69, 9.17) is 39.9 Å². The van der Waals surface area contributed by atoms with Crippen molar-refractivity contribution in [3.05, 3.63) is 56.0 Å². The number of thiophene rings is 1. The summed E-state index contributed by atoms with van der Waals surface area (Å²) in [6.45, 7) is 0. The average molecular weight is 445 g/mol. The first kappa shape index (κ1) is 20.7. The highest BCUT2D eigenvalue weighted by Gasteiger charge is 2.32. The summed E-state index contributed by atoms with van der Waals surface area (Å²) >= 11 is 19.8. The summed E-state index contributed by atoms with van der Waals surface area (Å²) in [4.78, 5) is 16.5. The number of aromatic carboxylic acids is 1. The molecule has 1 N–H and O–H groups in total. The molecule has 1 saturated carbocycles. The summed E-state index contributed by atoms with van der Waals surface area (Å²) in [5.74, 6) is -0.00452. The standard InChI is InChI=1S/C20H20Cl3NO2S/c21-16-8-6-13(5-4-12-10-18(22)24-19(23)11-12)15(16)3-1-2-14-7-9-17(27-14)20(25)26/h4-5,7,9-11,13,15-16H,1-3,6,8H2,(H,25,26)/b5-4-/t13-,15+,16+/m0/s1. The van der Waals surface area contributed by atoms with Crippen molar-refractivity contribution in [2.24, 2.45) is 11.8 Å². The highest BCUT2D eigenvalue weighted by molar-refractivity contribution is 7.13. The largest absolute Gasteiger partial charge is 0.477 e. The zero-order chi connectivity index (χ0) is 19.4. The zero-order valence-electron chi connectivity index (χ0n) is 14.6. The molecular weight excluding hydrogens is 425 g/mol. The average Bonchev–Trinajstić information content (AvgIpc) is 3.20. The Hall–Kier alpha value is -1.07. The van der Waals surface area contributed by atoms with E-state index >= 15 is 0 Å². The molecule has 0 amide bonds. The molecule has 3 nitrogen and oxygen atoms in total. The Morgan fingerprint density at radius 1 is 1.26 bits per heavy atom. The molecule has 3 rings (SSSR count). The highest BCUT2D eigenvalue weighted by atomic mass is 35.5. The maximum absolute atomic E-state index is 11.0. The molecular formula is C20H20Cl3NO2S. The van der Waals surface area contributed by atoms with E-state index in [1.165, 1.54) is 11.3 Å². The van der Waals surface area contributed by atoms with E-state index in [0.717, 1.165) is 42.5 Å². The number of rotatable bonds is 7. The summed E-state index contributed by atoms with van der Waals surface area (Å²) in [6, 6.07) is 7.18. The predicted octanol–water partition coefficient (Wildman–Crippen LogP) is 6.82. The van der Waals surface area contributed by atoms with Crippen LogP contribution in [-0.2, 0) is 6.42 Å². The molecule has 144 valence electrons. The van der Waals surface area contributed by atoms with Crippen molar-refractivity contribution in [3.63, 3.8) is 0 Å². The van der Waals surface area contributed by atoms with Crippen LogP contribution in [0.25, 0.3) is 6.08 Å². The van der Waals surface area contributed by atoms with Crippen LogP contribution in [0.4, 0.5) is 0 Å². The Morgan fingerprint density at radius 2 is 2.00 bits per heavy atom. The van der Waals surface area contributed by atoms with Crippen molar-refractivity contribution in [3.8, 4) is 0 Å². The molecule has 0 radical (unpaired) electrons. The monoisotopic (exact) mass is 443 g/mol. The molecule has 1 aliphatic carbocycles. The first-order valence-electron chi connectivity index (χ1n) is 8.90. The van der Waals surface area contributed by atoms with Crippen molar-refractivity contribution in [2.45, 2.75) is 37.5 Å². The number of hydrogen-bond acceptors (Lipinski definition) is 3. The van der Waals surface area contributed by atoms with Crippen LogP contribution in [0.15, 0.2) is 30.3 Å². The van der Waals surface area contributed by atoms with Gasteiger partial charge in [0.25, 0.3) is 0 Å². The summed E-state index contributed by atoms with van der Waals surface area (Å²) in [6.07, 6.45) is 9.27. The molecule has 0 aliphatic heterocycles. The van der Waals surface area contributed by atoms with E-state index in [1.54, 1.807) is 18.2 Å². The predicted molar refractivity (Wildman–Crippen MR) is 113 cm³/mol. The minimum absolute atomic E-state index is 0.183. The number of allylic oxidation sites excluding steroid dienone is 1. The number of aromatic nitrogens is 1. The quantitative estimate of drug-likeness (QED) is 0.376. The molecule has 0 spiro atoms. The van der Waals surface area contributed by atoms with Crippen LogP contribution in [-0.4, -0.2) is 21.4 Å². The number of halogens is 3. The smallest absolute Gasteiger partial charge is 0.345 e. The van der Waals surface area contributed by atoms with Gasteiger partial charge < -0.3 is 5.11 Å². The van der Waals surface area contributed by atoms with Gasteiger partial charge in [0.2, 0.25) is 0 Å². The lowest BCUT2D eigenvalue weighted by molar-refractivity contribution is 0.0702. The molecule has 1 aliphatic rings. The topological polar surface area (TPSA) is 50.2 Å². The molecule has 0 bridgehead atoms. The second kappa shape index (κ2) is 9.42. The van der Waals surface area contributed by atoms with Crippen molar-refractivity contribution in [1.82, 2.24) is 4.98 Å². The number of nitrogens with zero attached hydrogens (tertiary/aromatic N) is 1. The Kier molecular flexibility index (Phi) is 7.21. The lowest BCUT2D eigenvalue weighted by atomic mass is 9.90. The number of carbonyl (C=O) groups is 1. The number of carboxylic acid groups (broad SMARTS) is 1. The van der Waals surface area contributed by atoms with Gasteiger partial charge in [0.05, 0.1) is 0 Å². The molecule has 2 heterocycles. The van der Waals surface area contributed by atoms with Gasteiger partial charge in [0.1, 0.15) is 15.2 Å². The third-order valence-corrected chi connectivity index (χ3v) is 7.01. The molecule has 3 atom stereocenters. The molecule has 27 heavy (non-hydrogen) atoms. The highest BCUT2D eigenvalue weighted by Crippen LogP contribution is 2.40. The van der Waals surface area contributed by atoms with Gasteiger partial charge in [0.15, 0.2) is 0 Å². The van der Waals surface area contributed by atoms with Gasteiger partial charge in [-0.15, -0.1) is 22.9 Å². The van der Waals surface area contributed by atoms with E-state index in [0.29, 0.717) is 27.0 Å². The maximum atomic E-state index is 11.0. The van der Waals surface area contributed by atoms with Gasteiger partial charge in [0, 0.05) is 10.3 Å². The second-order valence-electron chi connectivity index (χ2n) is 6.79. The summed E-state index contributed by atoms with van der Waals surface area (Å²) in [5.41, 5.74) is 0.941. The molecule has 0 aromatic carbocycles. The van der Waals surface area contributed by atoms with Gasteiger partial charge in [-0.3, -0.25) is 0 Å². The fraction of sp³-hybridized carbons (Fsp3) is 0.400. The van der Waals surface area contributed by atoms with Gasteiger partial charge >= 0.3 is 5.97 Å². The molecule has 0 saturated heterocycles. The number of hydrogen-bond donors (Lipinski definition) is 1. The van der Waals surface area contributed by atoms with Gasteiger partial charge in [-0.2, -0.15) is 0 Å². The Labute approximate surface area is 178 Å². The van der Waals surface area contributed by atoms with Crippen LogP contribution in [0.2, 0.25) is 10.3 Å². The minimum Gasteiger partial charge on any atom is -0.477 e. The van der Waals surface area contributed by atoms with E-state index in [1.807, 2.05) is 12.1 Å². The minimum atomic E-state index is -0.857. The van der Waals surface area contributed by atoms with E-state index in [-0.39, 0.29) is 5.38 Å². The van der Waals surface area contributed by atoms with E-state index in [2.05, 4.69) is 11.1 Å². The van der Waals surface area contributed by atoms with Gasteiger partial charge in [-0.25, -0.2) is 9.78 Å².